The van der Waals surface area contributed by atoms with E-state index in [4.69, 9.17) is 16.0 Å². The van der Waals surface area contributed by atoms with Crippen molar-refractivity contribution in [2.75, 3.05) is 0 Å². The Kier molecular flexibility index (Phi) is 1.67. The summed E-state index contributed by atoms with van der Waals surface area (Å²) in [6.07, 6.45) is 0. The van der Waals surface area contributed by atoms with Crippen molar-refractivity contribution in [1.29, 1.82) is 0 Å². The first-order valence-corrected chi connectivity index (χ1v) is 4.93. The zero-order valence-corrected chi connectivity index (χ0v) is 8.45. The molecule has 3 aromatic rings. The summed E-state index contributed by atoms with van der Waals surface area (Å²) in [4.78, 5) is 0. The van der Waals surface area contributed by atoms with E-state index < -0.39 is 0 Å². The summed E-state index contributed by atoms with van der Waals surface area (Å²) in [6.45, 7) is 0. The fourth-order valence-electron chi connectivity index (χ4n) is 1.77. The molecule has 3 heteroatoms. The molecule has 2 aromatic carbocycles. The lowest BCUT2D eigenvalue weighted by atomic mass is 10.1. The van der Waals surface area contributed by atoms with Crippen LogP contribution in [0.4, 0.5) is 0 Å². The number of phenolic OH excluding ortho intramolecular Hbond substituents is 1. The molecule has 0 saturated carbocycles. The largest absolute Gasteiger partial charge is 0.508 e. The Labute approximate surface area is 90.7 Å². The lowest BCUT2D eigenvalue weighted by Crippen LogP contribution is -1.68. The van der Waals surface area contributed by atoms with E-state index in [1.807, 2.05) is 18.2 Å². The van der Waals surface area contributed by atoms with Gasteiger partial charge in [-0.3, -0.25) is 0 Å². The Hall–Kier alpha value is -1.67. The summed E-state index contributed by atoms with van der Waals surface area (Å²) >= 11 is 6.09. The molecule has 3 rings (SSSR count). The molecule has 0 aliphatic heterocycles. The summed E-state index contributed by atoms with van der Waals surface area (Å²) in [6, 6.07) is 10.5. The number of furan rings is 1. The summed E-state index contributed by atoms with van der Waals surface area (Å²) < 4.78 is 5.59. The smallest absolute Gasteiger partial charge is 0.136 e. The maximum atomic E-state index is 9.41. The van der Waals surface area contributed by atoms with Crippen LogP contribution in [0.1, 0.15) is 0 Å². The monoisotopic (exact) mass is 218 g/mol. The zero-order valence-electron chi connectivity index (χ0n) is 7.70. The Morgan fingerprint density at radius 3 is 2.80 bits per heavy atom. The van der Waals surface area contributed by atoms with E-state index in [-0.39, 0.29) is 5.75 Å². The van der Waals surface area contributed by atoms with Crippen molar-refractivity contribution in [2.24, 2.45) is 0 Å². The third kappa shape index (κ3) is 1.18. The van der Waals surface area contributed by atoms with Gasteiger partial charge in [0.2, 0.25) is 0 Å². The third-order valence-electron chi connectivity index (χ3n) is 2.43. The summed E-state index contributed by atoms with van der Waals surface area (Å²) in [5.74, 6) is 0.213. The Balaban J connectivity index is 2.61. The van der Waals surface area contributed by atoms with Gasteiger partial charge in [0.15, 0.2) is 0 Å². The molecule has 0 spiro atoms. The van der Waals surface area contributed by atoms with Crippen LogP contribution in [0.3, 0.4) is 0 Å². The third-order valence-corrected chi connectivity index (χ3v) is 2.74. The van der Waals surface area contributed by atoms with E-state index in [9.17, 15) is 5.11 Å². The summed E-state index contributed by atoms with van der Waals surface area (Å²) in [5.41, 5.74) is 1.47. The minimum atomic E-state index is 0.213. The molecular weight excluding hydrogens is 212 g/mol. The molecule has 1 aromatic heterocycles. The Morgan fingerprint density at radius 1 is 1.07 bits per heavy atom. The number of hydrogen-bond donors (Lipinski definition) is 1. The Morgan fingerprint density at radius 2 is 1.93 bits per heavy atom. The highest BCUT2D eigenvalue weighted by Crippen LogP contribution is 2.35. The van der Waals surface area contributed by atoms with Crippen molar-refractivity contribution >= 4 is 33.5 Å². The van der Waals surface area contributed by atoms with Gasteiger partial charge in [-0.15, -0.1) is 0 Å². The second kappa shape index (κ2) is 2.91. The van der Waals surface area contributed by atoms with Gasteiger partial charge in [0.25, 0.3) is 0 Å². The molecule has 0 atom stereocenters. The molecule has 74 valence electrons. The van der Waals surface area contributed by atoms with Gasteiger partial charge >= 0.3 is 0 Å². The molecule has 0 unspecified atom stereocenters. The second-order valence-corrected chi connectivity index (χ2v) is 3.80. The van der Waals surface area contributed by atoms with E-state index in [1.165, 1.54) is 0 Å². The lowest BCUT2D eigenvalue weighted by Gasteiger charge is -1.93. The number of benzene rings is 2. The number of aromatic hydroxyl groups is 1. The molecule has 0 bridgehead atoms. The molecule has 0 radical (unpaired) electrons. The van der Waals surface area contributed by atoms with Gasteiger partial charge in [-0.2, -0.15) is 0 Å². The van der Waals surface area contributed by atoms with Crippen LogP contribution in [0.15, 0.2) is 40.8 Å². The first kappa shape index (κ1) is 8.62. The van der Waals surface area contributed by atoms with Crippen molar-refractivity contribution in [3.63, 3.8) is 0 Å². The van der Waals surface area contributed by atoms with E-state index in [2.05, 4.69) is 0 Å². The molecule has 15 heavy (non-hydrogen) atoms. The van der Waals surface area contributed by atoms with E-state index in [0.717, 1.165) is 21.9 Å². The fourth-order valence-corrected chi connectivity index (χ4v) is 2.04. The van der Waals surface area contributed by atoms with Crippen molar-refractivity contribution in [3.05, 3.63) is 41.4 Å². The van der Waals surface area contributed by atoms with Crippen molar-refractivity contribution in [2.45, 2.75) is 0 Å². The molecule has 0 amide bonds. The predicted octanol–water partition coefficient (Wildman–Crippen LogP) is 3.95. The maximum absolute atomic E-state index is 9.41. The van der Waals surface area contributed by atoms with Gasteiger partial charge in [-0.1, -0.05) is 17.7 Å². The SMILES string of the molecule is Oc1ccc2oc3cccc(Cl)c3c2c1. The van der Waals surface area contributed by atoms with Crippen LogP contribution in [0.2, 0.25) is 5.02 Å². The van der Waals surface area contributed by atoms with Gasteiger partial charge in [-0.25, -0.2) is 0 Å². The van der Waals surface area contributed by atoms with Crippen molar-refractivity contribution in [3.8, 4) is 5.75 Å². The van der Waals surface area contributed by atoms with Crippen LogP contribution in [0.25, 0.3) is 21.9 Å². The standard InChI is InChI=1S/C12H7ClO2/c13-9-2-1-3-11-12(9)8-6-7(14)4-5-10(8)15-11/h1-6,14H. The van der Waals surface area contributed by atoms with Gasteiger partial charge in [-0.05, 0) is 30.3 Å². The number of fused-ring (bicyclic) bond motifs is 3. The number of rotatable bonds is 0. The van der Waals surface area contributed by atoms with Gasteiger partial charge in [0, 0.05) is 10.8 Å². The van der Waals surface area contributed by atoms with Gasteiger partial charge in [0.1, 0.15) is 16.9 Å². The zero-order chi connectivity index (χ0) is 10.4. The Bertz CT molecular complexity index is 655. The number of hydrogen-bond acceptors (Lipinski definition) is 2. The maximum Gasteiger partial charge on any atom is 0.136 e. The van der Waals surface area contributed by atoms with Crippen LogP contribution in [-0.2, 0) is 0 Å². The highest BCUT2D eigenvalue weighted by atomic mass is 35.5. The molecule has 0 saturated heterocycles. The van der Waals surface area contributed by atoms with Crippen molar-refractivity contribution < 1.29 is 9.52 Å². The minimum Gasteiger partial charge on any atom is -0.508 e. The summed E-state index contributed by atoms with van der Waals surface area (Å²) in [5, 5.41) is 11.7. The number of phenols is 1. The van der Waals surface area contributed by atoms with Gasteiger partial charge < -0.3 is 9.52 Å². The topological polar surface area (TPSA) is 33.4 Å². The quantitative estimate of drug-likeness (QED) is 0.620. The first-order chi connectivity index (χ1) is 7.25. The van der Waals surface area contributed by atoms with Gasteiger partial charge in [0.05, 0.1) is 5.02 Å². The fraction of sp³-hybridized carbons (Fsp3) is 0. The second-order valence-electron chi connectivity index (χ2n) is 3.40. The van der Waals surface area contributed by atoms with E-state index in [1.54, 1.807) is 18.2 Å². The molecule has 0 fully saturated rings. The van der Waals surface area contributed by atoms with Crippen LogP contribution in [-0.4, -0.2) is 5.11 Å². The predicted molar refractivity (Wildman–Crippen MR) is 60.4 cm³/mol. The molecular formula is C12H7ClO2. The van der Waals surface area contributed by atoms with Crippen molar-refractivity contribution in [1.82, 2.24) is 0 Å². The molecule has 1 N–H and O–H groups in total. The van der Waals surface area contributed by atoms with E-state index >= 15 is 0 Å². The average molecular weight is 219 g/mol. The summed E-state index contributed by atoms with van der Waals surface area (Å²) in [7, 11) is 0. The average Bonchev–Trinajstić information content (AvgIpc) is 2.57. The highest BCUT2D eigenvalue weighted by Gasteiger charge is 2.09. The van der Waals surface area contributed by atoms with E-state index in [0.29, 0.717) is 5.02 Å². The highest BCUT2D eigenvalue weighted by molar-refractivity contribution is 6.37. The molecule has 2 nitrogen and oxygen atoms in total. The molecule has 1 heterocycles. The van der Waals surface area contributed by atoms with Crippen LogP contribution >= 0.6 is 11.6 Å². The normalized spacial score (nSPS) is 11.3. The van der Waals surface area contributed by atoms with Crippen LogP contribution < -0.4 is 0 Å². The minimum absolute atomic E-state index is 0.213. The van der Waals surface area contributed by atoms with Crippen LogP contribution in [0, 0.1) is 0 Å². The van der Waals surface area contributed by atoms with Crippen LogP contribution in [0.5, 0.6) is 5.75 Å². The number of halogens is 1. The lowest BCUT2D eigenvalue weighted by molar-refractivity contribution is 0.476. The molecule has 0 aliphatic rings. The first-order valence-electron chi connectivity index (χ1n) is 4.55. The molecule has 0 aliphatic carbocycles.